The summed E-state index contributed by atoms with van der Waals surface area (Å²) < 4.78 is 67.3. The first-order valence-electron chi connectivity index (χ1n) is 8.13. The summed E-state index contributed by atoms with van der Waals surface area (Å²) in [7, 11) is -3.45. The summed E-state index contributed by atoms with van der Waals surface area (Å²) in [6.45, 7) is 3.08. The quantitative estimate of drug-likeness (QED) is 0.769. The Morgan fingerprint density at radius 2 is 1.64 bits per heavy atom. The molecule has 28 heavy (non-hydrogen) atoms. The monoisotopic (exact) mass is 411 g/mol. The van der Waals surface area contributed by atoms with Crippen molar-refractivity contribution in [2.75, 3.05) is 6.26 Å². The number of rotatable bonds is 3. The molecular formula is C19H16F3NO4S. The molecule has 0 N–H and O–H groups in total. The second-order valence-electron chi connectivity index (χ2n) is 6.87. The first kappa shape index (κ1) is 20.1. The molecule has 1 aromatic heterocycles. The van der Waals surface area contributed by atoms with E-state index in [2.05, 4.69) is 4.98 Å². The van der Waals surface area contributed by atoms with Crippen molar-refractivity contribution >= 4 is 27.0 Å². The molecule has 0 aliphatic carbocycles. The smallest absolute Gasteiger partial charge is 0.416 e. The Hall–Kier alpha value is -2.68. The zero-order chi connectivity index (χ0) is 20.9. The number of Topliss-reactive ketones (excluding diaryl/α,β-unsaturated/α-hetero) is 1. The van der Waals surface area contributed by atoms with Crippen molar-refractivity contribution in [2.24, 2.45) is 0 Å². The number of benzene rings is 1. The van der Waals surface area contributed by atoms with Gasteiger partial charge in [-0.2, -0.15) is 13.2 Å². The lowest BCUT2D eigenvalue weighted by Crippen LogP contribution is -2.29. The predicted octanol–water partition coefficient (Wildman–Crippen LogP) is 3.75. The molecule has 0 bridgehead atoms. The Bertz CT molecular complexity index is 1070. The third-order valence-corrected chi connectivity index (χ3v) is 5.35. The molecule has 148 valence electrons. The maximum atomic E-state index is 12.8. The van der Waals surface area contributed by atoms with Crippen LogP contribution in [0.25, 0.3) is 11.3 Å². The number of aromatic nitrogens is 1. The highest BCUT2D eigenvalue weighted by Gasteiger charge is 2.43. The highest BCUT2D eigenvalue weighted by Crippen LogP contribution is 2.41. The van der Waals surface area contributed by atoms with E-state index in [-0.39, 0.29) is 27.5 Å². The van der Waals surface area contributed by atoms with Crippen molar-refractivity contribution in [2.45, 2.75) is 30.5 Å². The molecule has 3 rings (SSSR count). The van der Waals surface area contributed by atoms with Crippen molar-refractivity contribution in [1.29, 1.82) is 0 Å². The largest absolute Gasteiger partial charge is 0.477 e. The number of nitrogens with zero attached hydrogens (tertiary/aromatic N) is 1. The fourth-order valence-electron chi connectivity index (χ4n) is 2.76. The Kier molecular flexibility index (Phi) is 4.61. The fraction of sp³-hybridized carbons (Fsp3) is 0.263. The van der Waals surface area contributed by atoms with E-state index in [4.69, 9.17) is 4.74 Å². The molecule has 0 radical (unpaired) electrons. The minimum Gasteiger partial charge on any atom is -0.477 e. The van der Waals surface area contributed by atoms with E-state index in [1.165, 1.54) is 38.1 Å². The molecule has 1 aliphatic heterocycles. The van der Waals surface area contributed by atoms with Crippen molar-refractivity contribution in [3.63, 3.8) is 0 Å². The summed E-state index contributed by atoms with van der Waals surface area (Å²) in [6, 6.07) is 6.90. The topological polar surface area (TPSA) is 73.3 Å². The van der Waals surface area contributed by atoms with Crippen molar-refractivity contribution in [3.8, 4) is 0 Å². The van der Waals surface area contributed by atoms with Crippen LogP contribution in [0.15, 0.2) is 47.5 Å². The maximum absolute atomic E-state index is 12.8. The van der Waals surface area contributed by atoms with Gasteiger partial charge in [-0.05, 0) is 43.7 Å². The highest BCUT2D eigenvalue weighted by atomic mass is 32.2. The van der Waals surface area contributed by atoms with Crippen LogP contribution in [-0.2, 0) is 25.5 Å². The van der Waals surface area contributed by atoms with Gasteiger partial charge in [0.15, 0.2) is 21.2 Å². The minimum absolute atomic E-state index is 0.00323. The number of carbonyl (C=O) groups is 1. The Morgan fingerprint density at radius 1 is 1.04 bits per heavy atom. The number of pyridine rings is 1. The van der Waals surface area contributed by atoms with E-state index < -0.39 is 33.0 Å². The fourth-order valence-corrected chi connectivity index (χ4v) is 3.32. The summed E-state index contributed by atoms with van der Waals surface area (Å²) in [4.78, 5) is 16.9. The summed E-state index contributed by atoms with van der Waals surface area (Å²) in [5.74, 6) is -0.314. The lowest BCUT2D eigenvalue weighted by Gasteiger charge is -2.17. The molecule has 0 saturated heterocycles. The number of ether oxygens (including phenoxy) is 1. The van der Waals surface area contributed by atoms with Gasteiger partial charge in [0.05, 0.1) is 16.0 Å². The second-order valence-corrected chi connectivity index (χ2v) is 8.89. The van der Waals surface area contributed by atoms with Crippen LogP contribution in [0.1, 0.15) is 30.7 Å². The van der Waals surface area contributed by atoms with Crippen molar-refractivity contribution < 1.29 is 31.1 Å². The van der Waals surface area contributed by atoms with E-state index in [1.54, 1.807) is 0 Å². The molecule has 1 aromatic carbocycles. The molecule has 0 unspecified atom stereocenters. The molecule has 0 saturated carbocycles. The lowest BCUT2D eigenvalue weighted by atomic mass is 9.92. The van der Waals surface area contributed by atoms with E-state index in [0.29, 0.717) is 0 Å². The van der Waals surface area contributed by atoms with Gasteiger partial charge >= 0.3 is 6.18 Å². The van der Waals surface area contributed by atoms with Crippen LogP contribution in [0.2, 0.25) is 0 Å². The van der Waals surface area contributed by atoms with Gasteiger partial charge in [-0.1, -0.05) is 12.1 Å². The molecule has 0 amide bonds. The normalized spacial score (nSPS) is 17.0. The molecular weight excluding hydrogens is 395 g/mol. The molecule has 1 aliphatic rings. The Balaban J connectivity index is 2.12. The molecule has 0 spiro atoms. The summed E-state index contributed by atoms with van der Waals surface area (Å²) in [6.07, 6.45) is -2.31. The summed E-state index contributed by atoms with van der Waals surface area (Å²) >= 11 is 0. The van der Waals surface area contributed by atoms with Crippen molar-refractivity contribution in [1.82, 2.24) is 4.98 Å². The number of alkyl halides is 3. The number of sulfone groups is 1. The standard InChI is InChI=1S/C19H16F3NO4S/c1-18(2)17(24)15(11-4-6-12(7-5-11)19(20,21)22)16(27-18)14-9-8-13(10-23-14)28(3,25)26/h4-10H,1-3H3. The molecule has 5 nitrogen and oxygen atoms in total. The van der Waals surface area contributed by atoms with Crippen LogP contribution in [0.5, 0.6) is 0 Å². The van der Waals surface area contributed by atoms with E-state index in [0.717, 1.165) is 24.6 Å². The molecule has 2 aromatic rings. The second kappa shape index (κ2) is 6.44. The maximum Gasteiger partial charge on any atom is 0.416 e. The van der Waals surface area contributed by atoms with Gasteiger partial charge in [-0.25, -0.2) is 8.42 Å². The first-order chi connectivity index (χ1) is 12.8. The van der Waals surface area contributed by atoms with Gasteiger partial charge in [-0.3, -0.25) is 9.78 Å². The van der Waals surface area contributed by atoms with E-state index in [1.807, 2.05) is 0 Å². The van der Waals surface area contributed by atoms with E-state index in [9.17, 15) is 26.4 Å². The number of carbonyl (C=O) groups excluding carboxylic acids is 1. The third-order valence-electron chi connectivity index (χ3n) is 4.26. The lowest BCUT2D eigenvalue weighted by molar-refractivity contribution is -0.137. The van der Waals surface area contributed by atoms with Gasteiger partial charge in [0.2, 0.25) is 5.78 Å². The van der Waals surface area contributed by atoms with Gasteiger partial charge < -0.3 is 4.74 Å². The first-order valence-corrected chi connectivity index (χ1v) is 10.0. The van der Waals surface area contributed by atoms with Gasteiger partial charge in [0, 0.05) is 12.5 Å². The number of halogens is 3. The van der Waals surface area contributed by atoms with Gasteiger partial charge in [-0.15, -0.1) is 0 Å². The number of ketones is 1. The van der Waals surface area contributed by atoms with Crippen LogP contribution < -0.4 is 0 Å². The van der Waals surface area contributed by atoms with E-state index >= 15 is 0 Å². The SMILES string of the molecule is CC1(C)OC(c2ccc(S(C)(=O)=O)cn2)=C(c2ccc(C(F)(F)F)cc2)C1=O. The van der Waals surface area contributed by atoms with Crippen LogP contribution in [0, 0.1) is 0 Å². The molecule has 0 atom stereocenters. The van der Waals surface area contributed by atoms with Crippen LogP contribution >= 0.6 is 0 Å². The highest BCUT2D eigenvalue weighted by molar-refractivity contribution is 7.90. The predicted molar refractivity (Wildman–Crippen MR) is 95.8 cm³/mol. The van der Waals surface area contributed by atoms with Gasteiger partial charge in [0.1, 0.15) is 5.69 Å². The molecule has 2 heterocycles. The van der Waals surface area contributed by atoms with Crippen molar-refractivity contribution in [3.05, 3.63) is 59.4 Å². The third kappa shape index (κ3) is 3.66. The summed E-state index contributed by atoms with van der Waals surface area (Å²) in [5.41, 5.74) is -1.50. The Labute approximate surface area is 159 Å². The minimum atomic E-state index is -4.49. The average Bonchev–Trinajstić information content (AvgIpc) is 2.83. The van der Waals surface area contributed by atoms with Crippen LogP contribution in [-0.4, -0.2) is 31.0 Å². The number of hydrogen-bond donors (Lipinski definition) is 0. The molecule has 9 heteroatoms. The average molecular weight is 411 g/mol. The Morgan fingerprint density at radius 3 is 2.11 bits per heavy atom. The molecule has 0 fully saturated rings. The summed E-state index contributed by atoms with van der Waals surface area (Å²) in [5, 5.41) is 0. The zero-order valence-corrected chi connectivity index (χ0v) is 16.0. The van der Waals surface area contributed by atoms with Crippen LogP contribution in [0.4, 0.5) is 13.2 Å². The zero-order valence-electron chi connectivity index (χ0n) is 15.2. The van der Waals surface area contributed by atoms with Gasteiger partial charge in [0.25, 0.3) is 0 Å². The van der Waals surface area contributed by atoms with Crippen LogP contribution in [0.3, 0.4) is 0 Å². The number of hydrogen-bond acceptors (Lipinski definition) is 5.